The molecule has 46 heavy (non-hydrogen) atoms. The molecule has 0 radical (unpaired) electrons. The van der Waals surface area contributed by atoms with Gasteiger partial charge in [0.05, 0.1) is 0 Å². The molecule has 0 saturated heterocycles. The van der Waals surface area contributed by atoms with Crippen LogP contribution in [-0.4, -0.2) is 38.3 Å². The summed E-state index contributed by atoms with van der Waals surface area (Å²) >= 11 is 0. The van der Waals surface area contributed by atoms with Crippen molar-refractivity contribution in [3.05, 3.63) is 62.0 Å². The Labute approximate surface area is 274 Å². The number of carboxylic acid groups (broad SMARTS) is 1. The van der Waals surface area contributed by atoms with Gasteiger partial charge < -0.3 is 15.1 Å². The number of carbonyl (C=O) groups excluding carboxylic acids is 1. The molecule has 8 bridgehead atoms. The summed E-state index contributed by atoms with van der Waals surface area (Å²) in [4.78, 5) is 43.4. The van der Waals surface area contributed by atoms with Crippen molar-refractivity contribution in [3.63, 3.8) is 0 Å². The Balaban J connectivity index is 1.46. The van der Waals surface area contributed by atoms with E-state index in [9.17, 15) is 14.7 Å². The monoisotopic (exact) mass is 624 g/mol. The summed E-state index contributed by atoms with van der Waals surface area (Å²) < 4.78 is 0. The number of nitrogens with one attached hydrogen (secondary N) is 2. The summed E-state index contributed by atoms with van der Waals surface area (Å²) in [7, 11) is 0. The lowest BCUT2D eigenvalue weighted by Gasteiger charge is -2.21. The van der Waals surface area contributed by atoms with Crippen LogP contribution in [0.5, 0.6) is 0 Å². The number of aromatic nitrogens is 2. The molecular weight excluding hydrogens is 572 g/mol. The van der Waals surface area contributed by atoms with Gasteiger partial charge in [0.25, 0.3) is 0 Å². The molecule has 1 aliphatic carbocycles. The Morgan fingerprint density at radius 3 is 2.48 bits per heavy atom. The molecule has 3 aliphatic heterocycles. The Morgan fingerprint density at radius 1 is 0.978 bits per heavy atom. The van der Waals surface area contributed by atoms with Gasteiger partial charge in [0.15, 0.2) is 5.78 Å². The summed E-state index contributed by atoms with van der Waals surface area (Å²) in [6.07, 6.45) is 14.3. The number of hydrogen-bond acceptors (Lipinski definition) is 4. The van der Waals surface area contributed by atoms with Gasteiger partial charge in [-0.05, 0) is 74.8 Å². The van der Waals surface area contributed by atoms with Crippen LogP contribution in [0.1, 0.15) is 148 Å². The van der Waals surface area contributed by atoms with Crippen LogP contribution in [0.4, 0.5) is 0 Å². The van der Waals surface area contributed by atoms with E-state index in [0.29, 0.717) is 25.2 Å². The number of carbonyl (C=O) groups is 2. The Bertz CT molecular complexity index is 1660. The number of nitrogens with zero attached hydrogens (tertiary/aromatic N) is 2. The van der Waals surface area contributed by atoms with E-state index >= 15 is 0 Å². The van der Waals surface area contributed by atoms with E-state index in [-0.39, 0.29) is 30.0 Å². The summed E-state index contributed by atoms with van der Waals surface area (Å²) in [5.74, 6) is -0.449. The fourth-order valence-electron chi connectivity index (χ4n) is 8.69. The van der Waals surface area contributed by atoms with Gasteiger partial charge in [0, 0.05) is 101 Å². The quantitative estimate of drug-likeness (QED) is 0.217. The van der Waals surface area contributed by atoms with Gasteiger partial charge in [-0.1, -0.05) is 52.9 Å². The number of carboxylic acids is 1. The summed E-state index contributed by atoms with van der Waals surface area (Å²) in [6.45, 7) is 13.3. The molecule has 6 rings (SSSR count). The average molecular weight is 625 g/mol. The van der Waals surface area contributed by atoms with Crippen LogP contribution in [0.3, 0.4) is 0 Å². The number of aliphatic carboxylic acids is 1. The number of aromatic amines is 2. The lowest BCUT2D eigenvalue weighted by molar-refractivity contribution is -0.137. The minimum atomic E-state index is -0.793. The van der Waals surface area contributed by atoms with E-state index in [1.54, 1.807) is 0 Å². The highest BCUT2D eigenvalue weighted by molar-refractivity contribution is 6.11. The van der Waals surface area contributed by atoms with E-state index in [0.717, 1.165) is 58.9 Å². The maximum Gasteiger partial charge on any atom is 0.303 e. The van der Waals surface area contributed by atoms with Crippen LogP contribution in [0.15, 0.2) is 27.0 Å². The van der Waals surface area contributed by atoms with Crippen LogP contribution in [0, 0.1) is 31.6 Å². The van der Waals surface area contributed by atoms with Gasteiger partial charge >= 0.3 is 5.97 Å². The molecule has 0 saturated carbocycles. The van der Waals surface area contributed by atoms with Gasteiger partial charge in [-0.2, -0.15) is 0 Å². The third-order valence-corrected chi connectivity index (χ3v) is 11.5. The lowest BCUT2D eigenvalue weighted by Crippen LogP contribution is -2.23. The maximum absolute atomic E-state index is 13.5. The van der Waals surface area contributed by atoms with Crippen molar-refractivity contribution in [3.8, 4) is 0 Å². The molecule has 3 unspecified atom stereocenters. The molecule has 3 N–H and O–H groups in total. The van der Waals surface area contributed by atoms with Crippen molar-refractivity contribution in [2.45, 2.75) is 131 Å². The first kappa shape index (κ1) is 32.5. The van der Waals surface area contributed by atoms with Crippen LogP contribution in [0.25, 0.3) is 6.08 Å². The second-order valence-corrected chi connectivity index (χ2v) is 14.3. The third kappa shape index (κ3) is 5.91. The lowest BCUT2D eigenvalue weighted by atomic mass is 9.81. The molecule has 0 spiro atoms. The molecule has 4 atom stereocenters. The van der Waals surface area contributed by atoms with Crippen LogP contribution < -0.4 is 0 Å². The Morgan fingerprint density at radius 2 is 1.74 bits per heavy atom. The largest absolute Gasteiger partial charge is 0.481 e. The van der Waals surface area contributed by atoms with Crippen molar-refractivity contribution in [2.75, 3.05) is 0 Å². The van der Waals surface area contributed by atoms with Crippen LogP contribution in [-0.2, 0) is 24.1 Å². The molecule has 2 aromatic rings. The fourth-order valence-corrected chi connectivity index (χ4v) is 8.69. The average Bonchev–Trinajstić information content (AvgIpc) is 3.77. The van der Waals surface area contributed by atoms with Crippen molar-refractivity contribution < 1.29 is 14.7 Å². The number of ketones is 1. The van der Waals surface area contributed by atoms with Gasteiger partial charge in [0.2, 0.25) is 0 Å². The van der Waals surface area contributed by atoms with E-state index in [4.69, 9.17) is 9.98 Å². The Hall–Kier alpha value is -3.48. The number of hydrogen-bond donors (Lipinski definition) is 3. The number of rotatable bonds is 11. The molecule has 0 amide bonds. The first-order chi connectivity index (χ1) is 22.1. The molecule has 0 aromatic carbocycles. The predicted octanol–water partition coefficient (Wildman–Crippen LogP) is 9.00. The summed E-state index contributed by atoms with van der Waals surface area (Å²) in [5.41, 5.74) is 14.6. The van der Waals surface area contributed by atoms with E-state index < -0.39 is 5.97 Å². The molecule has 246 valence electrons. The standard InChI is InChI=1S/C39H52N4O3/c1-7-9-10-11-12-13-14-26-22(4)29-18-31-23(5)27(15-16-36(45)46)38(42-31)28-17-35(44)37-24(6)32(43-39(28)37)20-33-25(8-2)21(3)30(40-33)19-34(26)41-29/h18,23,25,27-28,41,43H,7-17,19-20H2,1-6H3,(H,45,46)/t23?,25?,27-,28?/m0/s1. The second-order valence-electron chi connectivity index (χ2n) is 14.3. The normalized spacial score (nSPS) is 23.7. The molecule has 4 aliphatic rings. The zero-order valence-corrected chi connectivity index (χ0v) is 28.7. The second kappa shape index (κ2) is 13.3. The van der Waals surface area contributed by atoms with Gasteiger partial charge in [0.1, 0.15) is 0 Å². The van der Waals surface area contributed by atoms with Crippen LogP contribution >= 0.6 is 0 Å². The number of Topliss-reactive ketones (excluding diaryl/α,β-unsaturated/α-hetero) is 1. The first-order valence-electron chi connectivity index (χ1n) is 17.9. The zero-order chi connectivity index (χ0) is 32.7. The molecule has 7 heteroatoms. The van der Waals surface area contributed by atoms with Crippen molar-refractivity contribution in [1.29, 1.82) is 0 Å². The van der Waals surface area contributed by atoms with E-state index in [1.807, 2.05) is 0 Å². The van der Waals surface area contributed by atoms with E-state index in [1.165, 1.54) is 72.3 Å². The molecule has 0 fully saturated rings. The maximum atomic E-state index is 13.5. The van der Waals surface area contributed by atoms with Crippen LogP contribution in [0.2, 0.25) is 0 Å². The molecule has 5 heterocycles. The molecular formula is C39H52N4O3. The highest BCUT2D eigenvalue weighted by Crippen LogP contribution is 2.46. The fraction of sp³-hybridized carbons (Fsp3) is 0.590. The number of H-pyrrole nitrogens is 2. The minimum Gasteiger partial charge on any atom is -0.481 e. The number of unbranched alkanes of at least 4 members (excludes halogenated alkanes) is 5. The van der Waals surface area contributed by atoms with Crippen molar-refractivity contribution >= 4 is 29.3 Å². The van der Waals surface area contributed by atoms with E-state index in [2.05, 4.69) is 57.6 Å². The van der Waals surface area contributed by atoms with Gasteiger partial charge in [-0.25, -0.2) is 0 Å². The topological polar surface area (TPSA) is 111 Å². The number of allylic oxidation sites excluding steroid dienone is 3. The summed E-state index contributed by atoms with van der Waals surface area (Å²) in [5, 5.41) is 9.62. The smallest absolute Gasteiger partial charge is 0.303 e. The highest BCUT2D eigenvalue weighted by Gasteiger charge is 2.44. The third-order valence-electron chi connectivity index (χ3n) is 11.5. The number of aliphatic imine (C=N–C) groups is 2. The number of fused-ring (bicyclic) bond motifs is 6. The SMILES string of the molecule is CCCCCCCCc1c2[nH]c(c1C)C=C1N=C(C3CC(=O)c4c3[nH]c(c4C)CC3=NC(=C(C)C3CC)C2)[C@@H](CCC(=O)O)C1C. The van der Waals surface area contributed by atoms with Crippen molar-refractivity contribution in [2.24, 2.45) is 27.7 Å². The summed E-state index contributed by atoms with van der Waals surface area (Å²) in [6, 6.07) is 0. The zero-order valence-electron chi connectivity index (χ0n) is 28.7. The van der Waals surface area contributed by atoms with Crippen molar-refractivity contribution in [1.82, 2.24) is 9.97 Å². The Kier molecular flexibility index (Phi) is 9.40. The van der Waals surface area contributed by atoms with Gasteiger partial charge in [-0.3, -0.25) is 19.6 Å². The minimum absolute atomic E-state index is 0.0242. The molecule has 7 nitrogen and oxygen atoms in total. The molecule has 2 aromatic heterocycles. The van der Waals surface area contributed by atoms with Gasteiger partial charge in [-0.15, -0.1) is 0 Å². The highest BCUT2D eigenvalue weighted by atomic mass is 16.4. The first-order valence-corrected chi connectivity index (χ1v) is 17.9. The predicted molar refractivity (Wildman–Crippen MR) is 186 cm³/mol.